The summed E-state index contributed by atoms with van der Waals surface area (Å²) in [6, 6.07) is 0. The van der Waals surface area contributed by atoms with Gasteiger partial charge in [-0.2, -0.15) is 0 Å². The number of carboxylic acid groups (broad SMARTS) is 1. The molecule has 17 heavy (non-hydrogen) atoms. The number of carbonyl (C=O) groups excluding carboxylic acids is 1. The topological polar surface area (TPSA) is 63.6 Å². The summed E-state index contributed by atoms with van der Waals surface area (Å²) < 4.78 is 4.44. The zero-order chi connectivity index (χ0) is 14.1. The second-order valence-electron chi connectivity index (χ2n) is 6.41. The monoisotopic (exact) mass is 244 g/mol. The maximum absolute atomic E-state index is 12.2. The molecule has 0 saturated heterocycles. The molecule has 0 atom stereocenters. The van der Waals surface area contributed by atoms with Crippen molar-refractivity contribution in [2.45, 2.75) is 54.9 Å². The van der Waals surface area contributed by atoms with E-state index >= 15 is 0 Å². The minimum atomic E-state index is -1.54. The summed E-state index contributed by atoms with van der Waals surface area (Å²) in [7, 11) is 0. The fourth-order valence-electron chi connectivity index (χ4n) is 3.11. The van der Waals surface area contributed by atoms with E-state index in [1.807, 2.05) is 48.5 Å². The molecule has 0 heterocycles. The molecule has 100 valence electrons. The van der Waals surface area contributed by atoms with Gasteiger partial charge in [0.05, 0.1) is 5.41 Å². The Morgan fingerprint density at radius 2 is 1.35 bits per heavy atom. The quantitative estimate of drug-likeness (QED) is 0.594. The van der Waals surface area contributed by atoms with Gasteiger partial charge in [-0.3, -0.25) is 4.79 Å². The average molecular weight is 244 g/mol. The Kier molecular flexibility index (Phi) is 4.38. The molecule has 0 aromatic heterocycles. The van der Waals surface area contributed by atoms with E-state index in [-0.39, 0.29) is 10.8 Å². The van der Waals surface area contributed by atoms with E-state index in [0.717, 1.165) is 0 Å². The van der Waals surface area contributed by atoms with Crippen molar-refractivity contribution in [3.05, 3.63) is 0 Å². The van der Waals surface area contributed by atoms with E-state index in [1.54, 1.807) is 0 Å². The minimum absolute atomic E-state index is 0.382. The first-order valence-electron chi connectivity index (χ1n) is 5.85. The molecule has 0 amide bonds. The van der Waals surface area contributed by atoms with Gasteiger partial charge in [0.15, 0.2) is 0 Å². The van der Waals surface area contributed by atoms with Gasteiger partial charge in [-0.05, 0) is 17.3 Å². The fourth-order valence-corrected chi connectivity index (χ4v) is 3.11. The van der Waals surface area contributed by atoms with Crippen molar-refractivity contribution in [2.75, 3.05) is 0 Å². The smallest absolute Gasteiger partial charge is 0.449 e. The van der Waals surface area contributed by atoms with Crippen LogP contribution < -0.4 is 0 Å². The van der Waals surface area contributed by atoms with Crippen LogP contribution in [0.1, 0.15) is 54.9 Å². The Balaban J connectivity index is 5.69. The molecule has 0 aliphatic heterocycles. The van der Waals surface area contributed by atoms with Crippen LogP contribution >= 0.6 is 0 Å². The lowest BCUT2D eigenvalue weighted by Gasteiger charge is -2.50. The van der Waals surface area contributed by atoms with Crippen LogP contribution in [-0.2, 0) is 9.53 Å². The highest BCUT2D eigenvalue weighted by atomic mass is 16.7. The number of carbonyl (C=O) groups is 2. The normalized spacial score (nSPS) is 13.4. The van der Waals surface area contributed by atoms with E-state index in [9.17, 15) is 9.59 Å². The highest BCUT2D eigenvalue weighted by Gasteiger charge is 2.56. The van der Waals surface area contributed by atoms with Gasteiger partial charge in [0.2, 0.25) is 0 Å². The van der Waals surface area contributed by atoms with Crippen molar-refractivity contribution in [1.29, 1.82) is 0 Å². The van der Waals surface area contributed by atoms with Crippen molar-refractivity contribution in [3.8, 4) is 0 Å². The summed E-state index contributed by atoms with van der Waals surface area (Å²) in [5, 5.41) is 8.63. The first-order chi connectivity index (χ1) is 7.40. The Morgan fingerprint density at radius 3 is 1.53 bits per heavy atom. The summed E-state index contributed by atoms with van der Waals surface area (Å²) in [6.45, 7) is 13.5. The summed E-state index contributed by atoms with van der Waals surface area (Å²) in [5.74, 6) is -0.660. The van der Waals surface area contributed by atoms with Gasteiger partial charge < -0.3 is 9.84 Å². The summed E-state index contributed by atoms with van der Waals surface area (Å²) in [6.07, 6.45) is -1.01. The average Bonchev–Trinajstić information content (AvgIpc) is 1.97. The third-order valence-corrected chi connectivity index (χ3v) is 3.62. The van der Waals surface area contributed by atoms with Crippen molar-refractivity contribution >= 4 is 12.1 Å². The van der Waals surface area contributed by atoms with Gasteiger partial charge in [-0.15, -0.1) is 0 Å². The molecule has 0 fully saturated rings. The molecule has 0 radical (unpaired) electrons. The summed E-state index contributed by atoms with van der Waals surface area (Å²) in [4.78, 5) is 22.8. The maximum atomic E-state index is 12.2. The van der Waals surface area contributed by atoms with Crippen molar-refractivity contribution < 1.29 is 19.4 Å². The van der Waals surface area contributed by atoms with E-state index in [2.05, 4.69) is 4.74 Å². The second kappa shape index (κ2) is 4.67. The van der Waals surface area contributed by atoms with Gasteiger partial charge in [0.1, 0.15) is 0 Å². The molecule has 1 N–H and O–H groups in total. The molecule has 0 aliphatic rings. The van der Waals surface area contributed by atoms with Gasteiger partial charge in [-0.1, -0.05) is 48.5 Å². The lowest BCUT2D eigenvalue weighted by atomic mass is 9.53. The molecule has 0 spiro atoms. The first kappa shape index (κ1) is 15.9. The molecule has 4 heteroatoms. The molecule has 4 nitrogen and oxygen atoms in total. The minimum Gasteiger partial charge on any atom is -0.449 e. The lowest BCUT2D eigenvalue weighted by Crippen LogP contribution is -2.53. The standard InChI is InChI=1S/C13H24O4/c1-8-13(11(2,3)4,12(5,6)7)9(14)17-10(15)16/h8H2,1-7H3,(H,15,16). The number of esters is 1. The molecular weight excluding hydrogens is 220 g/mol. The molecule has 0 aromatic rings. The number of ether oxygens (including phenoxy) is 1. The predicted molar refractivity (Wildman–Crippen MR) is 65.8 cm³/mol. The van der Waals surface area contributed by atoms with E-state index in [4.69, 9.17) is 5.11 Å². The SMILES string of the molecule is CCC(C(=O)OC(=O)O)(C(C)(C)C)C(C)(C)C. The van der Waals surface area contributed by atoms with Crippen LogP contribution in [-0.4, -0.2) is 17.2 Å². The Morgan fingerprint density at radius 1 is 1.00 bits per heavy atom. The number of hydrogen-bond donors (Lipinski definition) is 1. The largest absolute Gasteiger partial charge is 0.513 e. The lowest BCUT2D eigenvalue weighted by molar-refractivity contribution is -0.170. The molecule has 0 bridgehead atoms. The number of hydrogen-bond acceptors (Lipinski definition) is 3. The predicted octanol–water partition coefficient (Wildman–Crippen LogP) is 3.70. The Labute approximate surface area is 103 Å². The van der Waals surface area contributed by atoms with Crippen LogP contribution in [0.2, 0.25) is 0 Å². The molecule has 0 saturated carbocycles. The van der Waals surface area contributed by atoms with E-state index in [1.165, 1.54) is 0 Å². The van der Waals surface area contributed by atoms with Gasteiger partial charge in [0.25, 0.3) is 0 Å². The van der Waals surface area contributed by atoms with E-state index < -0.39 is 17.5 Å². The summed E-state index contributed by atoms with van der Waals surface area (Å²) >= 11 is 0. The third kappa shape index (κ3) is 2.79. The summed E-state index contributed by atoms with van der Waals surface area (Å²) in [5.41, 5.74) is -1.60. The fraction of sp³-hybridized carbons (Fsp3) is 0.846. The van der Waals surface area contributed by atoms with Crippen molar-refractivity contribution in [1.82, 2.24) is 0 Å². The third-order valence-electron chi connectivity index (χ3n) is 3.62. The zero-order valence-electron chi connectivity index (χ0n) is 11.9. The molecular formula is C13H24O4. The Bertz CT molecular complexity index is 290. The second-order valence-corrected chi connectivity index (χ2v) is 6.41. The van der Waals surface area contributed by atoms with Crippen LogP contribution in [0.4, 0.5) is 4.79 Å². The van der Waals surface area contributed by atoms with Gasteiger partial charge >= 0.3 is 12.1 Å². The maximum Gasteiger partial charge on any atom is 0.513 e. The van der Waals surface area contributed by atoms with Crippen molar-refractivity contribution in [2.24, 2.45) is 16.2 Å². The molecule has 0 unspecified atom stereocenters. The van der Waals surface area contributed by atoms with Gasteiger partial charge in [-0.25, -0.2) is 4.79 Å². The first-order valence-corrected chi connectivity index (χ1v) is 5.85. The van der Waals surface area contributed by atoms with Crippen LogP contribution in [0, 0.1) is 16.2 Å². The molecule has 0 aliphatic carbocycles. The molecule has 0 rings (SSSR count). The highest BCUT2D eigenvalue weighted by molar-refractivity contribution is 5.86. The van der Waals surface area contributed by atoms with E-state index in [0.29, 0.717) is 6.42 Å². The van der Waals surface area contributed by atoms with Crippen LogP contribution in [0.5, 0.6) is 0 Å². The van der Waals surface area contributed by atoms with Crippen LogP contribution in [0.25, 0.3) is 0 Å². The van der Waals surface area contributed by atoms with Crippen LogP contribution in [0.3, 0.4) is 0 Å². The highest BCUT2D eigenvalue weighted by Crippen LogP contribution is 2.54. The van der Waals surface area contributed by atoms with Crippen LogP contribution in [0.15, 0.2) is 0 Å². The zero-order valence-corrected chi connectivity index (χ0v) is 11.9. The van der Waals surface area contributed by atoms with Crippen molar-refractivity contribution in [3.63, 3.8) is 0 Å². The Hall–Kier alpha value is -1.06. The van der Waals surface area contributed by atoms with Gasteiger partial charge in [0, 0.05) is 0 Å². The number of rotatable bonds is 2. The molecule has 0 aromatic carbocycles.